The van der Waals surface area contributed by atoms with Gasteiger partial charge in [-0.25, -0.2) is 13.6 Å². The number of nitrogens with two attached hydrogens (primary N) is 1. The first-order chi connectivity index (χ1) is 33.3. The zero-order chi connectivity index (χ0) is 48.3. The number of imide groups is 1. The first-order valence-electron chi connectivity index (χ1n) is 24.0. The Balaban J connectivity index is 0.774. The van der Waals surface area contributed by atoms with Gasteiger partial charge in [0.1, 0.15) is 11.6 Å². The Labute approximate surface area is 404 Å². The van der Waals surface area contributed by atoms with Crippen LogP contribution in [-0.2, 0) is 22.2 Å². The molecule has 5 heterocycles. The summed E-state index contributed by atoms with van der Waals surface area (Å²) in [7, 11) is 3.21. The predicted molar refractivity (Wildman–Crippen MR) is 258 cm³/mol. The quantitative estimate of drug-likeness (QED) is 0.120. The van der Waals surface area contributed by atoms with Gasteiger partial charge in [-0.2, -0.15) is 5.10 Å². The van der Waals surface area contributed by atoms with Crippen molar-refractivity contribution in [1.82, 2.24) is 30.2 Å². The van der Waals surface area contributed by atoms with Gasteiger partial charge in [-0.05, 0) is 93.3 Å². The van der Waals surface area contributed by atoms with Crippen LogP contribution in [0.25, 0.3) is 22.0 Å². The highest BCUT2D eigenvalue weighted by molar-refractivity contribution is 6.34. The number of fused-ring (bicyclic) bond motifs is 2. The van der Waals surface area contributed by atoms with Gasteiger partial charge in [-0.3, -0.25) is 34.2 Å². The summed E-state index contributed by atoms with van der Waals surface area (Å²) in [6, 6.07) is 19.6. The number of rotatable bonds is 11. The largest absolute Gasteiger partial charge is 0.494 e. The molecular weight excluding hydrogens is 906 g/mol. The van der Waals surface area contributed by atoms with E-state index in [1.165, 1.54) is 30.9 Å². The van der Waals surface area contributed by atoms with Gasteiger partial charge < -0.3 is 25.4 Å². The summed E-state index contributed by atoms with van der Waals surface area (Å²) in [6.45, 7) is 5.89. The molecule has 3 atom stereocenters. The van der Waals surface area contributed by atoms with Crippen molar-refractivity contribution in [2.24, 2.45) is 18.7 Å². The van der Waals surface area contributed by atoms with E-state index in [9.17, 15) is 19.2 Å². The van der Waals surface area contributed by atoms with Crippen molar-refractivity contribution in [3.8, 4) is 22.6 Å². The number of halogens is 3. The monoisotopic (exact) mass is 962 g/mol. The number of primary amides is 1. The Kier molecular flexibility index (Phi) is 12.6. The first-order valence-corrected chi connectivity index (χ1v) is 24.4. The number of carbonyl (C=O) groups is 4. The molecule has 0 spiro atoms. The van der Waals surface area contributed by atoms with Crippen molar-refractivity contribution in [2.75, 3.05) is 51.3 Å². The number of nitrogens with zero attached hydrogens (tertiary/aromatic N) is 5. The third-order valence-corrected chi connectivity index (χ3v) is 16.0. The summed E-state index contributed by atoms with van der Waals surface area (Å²) in [5.74, 6) is -2.31. The number of hydrogen-bond donors (Lipinski definition) is 3. The average molecular weight is 964 g/mol. The molecule has 4 aromatic carbocycles. The number of hydrogen-bond acceptors (Lipinski definition) is 9. The van der Waals surface area contributed by atoms with Crippen LogP contribution in [0.15, 0.2) is 66.7 Å². The topological polar surface area (TPSA) is 164 Å². The van der Waals surface area contributed by atoms with E-state index >= 15 is 8.78 Å². The van der Waals surface area contributed by atoms with Crippen LogP contribution >= 0.6 is 11.6 Å². The molecule has 0 radical (unpaired) electrons. The van der Waals surface area contributed by atoms with Gasteiger partial charge in [0, 0.05) is 91.7 Å². The second-order valence-electron chi connectivity index (χ2n) is 19.3. The maximum Gasteiger partial charge on any atom is 0.329 e. The van der Waals surface area contributed by atoms with Gasteiger partial charge in [0.25, 0.3) is 0 Å². The molecule has 1 saturated carbocycles. The van der Waals surface area contributed by atoms with Gasteiger partial charge >= 0.3 is 6.03 Å². The summed E-state index contributed by atoms with van der Waals surface area (Å²) in [5, 5.41) is 11.5. The third kappa shape index (κ3) is 8.27. The molecule has 4 aliphatic heterocycles. The number of amides is 5. The normalized spacial score (nSPS) is 24.4. The minimum absolute atomic E-state index is 0.00412. The Hall–Kier alpha value is -6.10. The number of ether oxygens (including phenoxy) is 2. The maximum absolute atomic E-state index is 16.2. The van der Waals surface area contributed by atoms with Gasteiger partial charge in [0.15, 0.2) is 23.0 Å². The van der Waals surface area contributed by atoms with Crippen LogP contribution in [0, 0.1) is 17.6 Å². The minimum atomic E-state index is -1.07. The van der Waals surface area contributed by atoms with Gasteiger partial charge in [0.2, 0.25) is 17.7 Å². The molecule has 5 aromatic rings. The lowest BCUT2D eigenvalue weighted by atomic mass is 9.77. The second kappa shape index (κ2) is 18.7. The van der Waals surface area contributed by atoms with E-state index < -0.39 is 35.1 Å². The number of carbonyl (C=O) groups excluding carboxylic acids is 4. The molecule has 3 saturated heterocycles. The van der Waals surface area contributed by atoms with Crippen molar-refractivity contribution in [1.29, 1.82) is 0 Å². The third-order valence-electron chi connectivity index (χ3n) is 15.6. The van der Waals surface area contributed by atoms with Gasteiger partial charge in [-0.15, -0.1) is 0 Å². The summed E-state index contributed by atoms with van der Waals surface area (Å²) in [6.07, 6.45) is 6.19. The van der Waals surface area contributed by atoms with Crippen molar-refractivity contribution < 1.29 is 37.4 Å². The number of methoxy groups -OCH3 is 1. The van der Waals surface area contributed by atoms with Crippen molar-refractivity contribution in [3.63, 3.8) is 0 Å². The van der Waals surface area contributed by atoms with Crippen LogP contribution in [0.1, 0.15) is 97.2 Å². The lowest BCUT2D eigenvalue weighted by Gasteiger charge is -2.38. The highest BCUT2D eigenvalue weighted by Crippen LogP contribution is 2.56. The zero-order valence-electron chi connectivity index (χ0n) is 39.0. The number of aromatic nitrogens is 2. The summed E-state index contributed by atoms with van der Waals surface area (Å²) in [5.41, 5.74) is 7.77. The number of para-hydroxylation sites is 1. The number of likely N-dealkylation sites (tertiary alicyclic amines) is 2. The average Bonchev–Trinajstić information content (AvgIpc) is 4.06. The van der Waals surface area contributed by atoms with E-state index in [1.807, 2.05) is 61.1 Å². The highest BCUT2D eigenvalue weighted by atomic mass is 35.5. The maximum atomic E-state index is 16.2. The summed E-state index contributed by atoms with van der Waals surface area (Å²) < 4.78 is 46.0. The molecule has 17 heteroatoms. The number of nitrogens with one attached hydrogen (secondary N) is 2. The standard InChI is InChI=1S/C52H57ClF2N8O6/c1-29-42-40(26-38(54)45(53)44(42)43-36(48(56)65)16-17-39(68-3)46(43)55)69-52(29,32-8-5-4-6-9-32)28-57-33-14-12-31(13-15-33)50(66)62-24-20-34(27-62)61-22-18-30(19-23-61)35-10-7-11-37-47(35)60(2)59-49(37)63-25-21-41(64)58-51(63)67/h4-11,16-17,26,29-31,33-34,57H,12-15,18-25,27-28H2,1-3H3,(H2,56,65)(H,58,64,67)/t29-,31?,33?,34+,52-/m0/s1. The molecule has 362 valence electrons. The van der Waals surface area contributed by atoms with E-state index in [0.29, 0.717) is 36.4 Å². The smallest absolute Gasteiger partial charge is 0.329 e. The zero-order valence-corrected chi connectivity index (χ0v) is 39.8. The lowest BCUT2D eigenvalue weighted by Crippen LogP contribution is -2.49. The highest BCUT2D eigenvalue weighted by Gasteiger charge is 2.50. The van der Waals surface area contributed by atoms with E-state index in [0.717, 1.165) is 87.6 Å². The van der Waals surface area contributed by atoms with Crippen molar-refractivity contribution in [3.05, 3.63) is 106 Å². The molecule has 10 rings (SSSR count). The Morgan fingerprint density at radius 2 is 1.71 bits per heavy atom. The lowest BCUT2D eigenvalue weighted by molar-refractivity contribution is -0.135. The van der Waals surface area contributed by atoms with Crippen LogP contribution in [0.2, 0.25) is 5.02 Å². The number of anilines is 1. The molecular formula is C52H57ClF2N8O6. The molecule has 0 bridgehead atoms. The fourth-order valence-corrected chi connectivity index (χ4v) is 12.2. The van der Waals surface area contributed by atoms with Crippen LogP contribution < -0.4 is 30.7 Å². The van der Waals surface area contributed by atoms with E-state index in [1.54, 1.807) is 4.90 Å². The predicted octanol–water partition coefficient (Wildman–Crippen LogP) is 7.75. The second-order valence-corrected chi connectivity index (χ2v) is 19.7. The molecule has 5 amide bonds. The molecule has 1 aromatic heterocycles. The van der Waals surface area contributed by atoms with Gasteiger partial charge in [0.05, 0.1) is 23.2 Å². The van der Waals surface area contributed by atoms with E-state index in [2.05, 4.69) is 26.5 Å². The SMILES string of the molecule is COc1ccc(C(N)=O)c(-c2c(Cl)c(F)cc3c2[C@H](C)[C@@](CNC2CCC(C(=O)N4CC[C@@H](N5CCC(c6cccc7c(N8CCC(=O)NC8=O)nn(C)c67)CC5)C4)CC2)(c2ccccc2)O3)c1F. The molecule has 4 fully saturated rings. The number of benzene rings is 4. The molecule has 69 heavy (non-hydrogen) atoms. The number of piperidine rings is 1. The number of aryl methyl sites for hydroxylation is 1. The molecule has 4 N–H and O–H groups in total. The van der Waals surface area contributed by atoms with E-state index in [-0.39, 0.29) is 63.4 Å². The Morgan fingerprint density at radius 3 is 2.42 bits per heavy atom. The van der Waals surface area contributed by atoms with Crippen LogP contribution in [0.4, 0.5) is 19.4 Å². The molecule has 0 unspecified atom stereocenters. The van der Waals surface area contributed by atoms with Crippen molar-refractivity contribution >= 4 is 52.1 Å². The fraction of sp³-hybridized carbons (Fsp3) is 0.442. The Morgan fingerprint density at radius 1 is 0.957 bits per heavy atom. The molecule has 1 aliphatic carbocycles. The minimum Gasteiger partial charge on any atom is -0.494 e. The first kappa shape index (κ1) is 46.6. The Bertz CT molecular complexity index is 2850. The molecule has 5 aliphatic rings. The van der Waals surface area contributed by atoms with Gasteiger partial charge in [-0.1, -0.05) is 61.0 Å². The fourth-order valence-electron chi connectivity index (χ4n) is 11.9. The summed E-state index contributed by atoms with van der Waals surface area (Å²) >= 11 is 6.71. The van der Waals surface area contributed by atoms with Crippen LogP contribution in [0.3, 0.4) is 0 Å². The van der Waals surface area contributed by atoms with Crippen LogP contribution in [-0.4, -0.2) is 102 Å². The molecule has 14 nitrogen and oxygen atoms in total. The summed E-state index contributed by atoms with van der Waals surface area (Å²) in [4.78, 5) is 57.5. The number of urea groups is 1. The van der Waals surface area contributed by atoms with Crippen LogP contribution in [0.5, 0.6) is 11.5 Å². The van der Waals surface area contributed by atoms with E-state index in [4.69, 9.17) is 31.9 Å². The van der Waals surface area contributed by atoms with Crippen molar-refractivity contribution in [2.45, 2.75) is 87.8 Å².